The number of carbonyl (C=O) groups is 2. The van der Waals surface area contributed by atoms with Crippen LogP contribution in [-0.4, -0.2) is 39.2 Å². The molecule has 0 saturated carbocycles. The van der Waals surface area contributed by atoms with E-state index in [4.69, 9.17) is 16.3 Å². The molecule has 1 fully saturated rings. The average Bonchev–Trinajstić information content (AvgIpc) is 2.63. The molecule has 8 heteroatoms. The van der Waals surface area contributed by atoms with E-state index in [1.807, 2.05) is 0 Å². The largest absolute Gasteiger partial charge is 0.449 e. The van der Waals surface area contributed by atoms with Crippen LogP contribution < -0.4 is 5.32 Å². The standard InChI is InChI=1S/C14H16ClNO5S/c1-22(19,20)9-5-6-11(15)10(8-9)14(18)21-12-4-2-3-7-16-13(12)17/h5-6,8,12H,2-4,7H2,1H3,(H,16,17). The van der Waals surface area contributed by atoms with Crippen LogP contribution in [0, 0.1) is 0 Å². The Labute approximate surface area is 133 Å². The summed E-state index contributed by atoms with van der Waals surface area (Å²) in [7, 11) is -3.47. The van der Waals surface area contributed by atoms with Gasteiger partial charge in [-0.05, 0) is 37.5 Å². The molecule has 1 saturated heterocycles. The molecule has 1 aliphatic heterocycles. The van der Waals surface area contributed by atoms with Crippen molar-refractivity contribution in [2.75, 3.05) is 12.8 Å². The average molecular weight is 346 g/mol. The van der Waals surface area contributed by atoms with Crippen LogP contribution in [0.25, 0.3) is 0 Å². The highest BCUT2D eigenvalue weighted by molar-refractivity contribution is 7.90. The fraction of sp³-hybridized carbons (Fsp3) is 0.429. The highest BCUT2D eigenvalue weighted by Crippen LogP contribution is 2.22. The first-order valence-corrected chi connectivity index (χ1v) is 9.04. The number of carbonyl (C=O) groups excluding carboxylic acids is 2. The molecule has 1 atom stereocenters. The van der Waals surface area contributed by atoms with Gasteiger partial charge >= 0.3 is 5.97 Å². The zero-order valence-electron chi connectivity index (χ0n) is 12.0. The highest BCUT2D eigenvalue weighted by Gasteiger charge is 2.26. The molecule has 6 nitrogen and oxygen atoms in total. The summed E-state index contributed by atoms with van der Waals surface area (Å²) < 4.78 is 28.3. The van der Waals surface area contributed by atoms with Crippen LogP contribution in [0.1, 0.15) is 29.6 Å². The summed E-state index contributed by atoms with van der Waals surface area (Å²) in [6.07, 6.45) is 2.16. The Morgan fingerprint density at radius 1 is 1.36 bits per heavy atom. The number of hydrogen-bond acceptors (Lipinski definition) is 5. The third-order valence-corrected chi connectivity index (χ3v) is 4.76. The van der Waals surface area contributed by atoms with Gasteiger partial charge in [0.25, 0.3) is 5.91 Å². The Kier molecular flexibility index (Phi) is 5.08. The van der Waals surface area contributed by atoms with Crippen LogP contribution >= 0.6 is 11.6 Å². The molecule has 0 aromatic heterocycles. The normalized spacial score (nSPS) is 19.2. The van der Waals surface area contributed by atoms with E-state index in [0.29, 0.717) is 13.0 Å². The molecular weight excluding hydrogens is 330 g/mol. The molecule has 22 heavy (non-hydrogen) atoms. The predicted molar refractivity (Wildman–Crippen MR) is 80.6 cm³/mol. The number of sulfone groups is 1. The van der Waals surface area contributed by atoms with E-state index in [-0.39, 0.29) is 21.4 Å². The SMILES string of the molecule is CS(=O)(=O)c1ccc(Cl)c(C(=O)OC2CCCCNC2=O)c1. The maximum absolute atomic E-state index is 12.2. The minimum absolute atomic E-state index is 0.0332. The van der Waals surface area contributed by atoms with Gasteiger partial charge < -0.3 is 10.1 Å². The van der Waals surface area contributed by atoms with Crippen LogP contribution in [0.2, 0.25) is 5.02 Å². The molecule has 0 spiro atoms. The lowest BCUT2D eigenvalue weighted by Crippen LogP contribution is -2.36. The van der Waals surface area contributed by atoms with E-state index >= 15 is 0 Å². The monoisotopic (exact) mass is 345 g/mol. The molecule has 1 unspecified atom stereocenters. The van der Waals surface area contributed by atoms with Crippen LogP contribution in [0.5, 0.6) is 0 Å². The number of hydrogen-bond donors (Lipinski definition) is 1. The number of ether oxygens (including phenoxy) is 1. The number of rotatable bonds is 3. The smallest absolute Gasteiger partial charge is 0.340 e. The summed E-state index contributed by atoms with van der Waals surface area (Å²) in [5.74, 6) is -1.15. The summed E-state index contributed by atoms with van der Waals surface area (Å²) in [5, 5.41) is 2.73. The Hall–Kier alpha value is -1.60. The second kappa shape index (κ2) is 6.66. The summed E-state index contributed by atoms with van der Waals surface area (Å²) in [4.78, 5) is 23.9. The second-order valence-electron chi connectivity index (χ2n) is 5.09. The quantitative estimate of drug-likeness (QED) is 0.840. The Balaban J connectivity index is 2.23. The number of benzene rings is 1. The second-order valence-corrected chi connectivity index (χ2v) is 7.52. The van der Waals surface area contributed by atoms with E-state index in [2.05, 4.69) is 5.32 Å². The zero-order chi connectivity index (χ0) is 16.3. The van der Waals surface area contributed by atoms with Crippen molar-refractivity contribution in [3.05, 3.63) is 28.8 Å². The Bertz CT molecular complexity index is 701. The molecule has 1 heterocycles. The van der Waals surface area contributed by atoms with Gasteiger partial charge in [0, 0.05) is 12.8 Å². The maximum atomic E-state index is 12.2. The van der Waals surface area contributed by atoms with Gasteiger partial charge in [0.2, 0.25) is 0 Å². The van der Waals surface area contributed by atoms with Gasteiger partial charge in [-0.1, -0.05) is 11.6 Å². The van der Waals surface area contributed by atoms with Crippen molar-refractivity contribution in [2.24, 2.45) is 0 Å². The Morgan fingerprint density at radius 3 is 2.77 bits per heavy atom. The molecule has 1 aromatic carbocycles. The zero-order valence-corrected chi connectivity index (χ0v) is 13.5. The molecule has 120 valence electrons. The lowest BCUT2D eigenvalue weighted by atomic mass is 10.1. The highest BCUT2D eigenvalue weighted by atomic mass is 35.5. The number of nitrogens with one attached hydrogen (secondary N) is 1. The fourth-order valence-electron chi connectivity index (χ4n) is 2.11. The van der Waals surface area contributed by atoms with Crippen molar-refractivity contribution in [3.8, 4) is 0 Å². The summed E-state index contributed by atoms with van der Waals surface area (Å²) in [6.45, 7) is 0.553. The molecule has 1 amide bonds. The van der Waals surface area contributed by atoms with Crippen molar-refractivity contribution in [1.82, 2.24) is 5.32 Å². The minimum atomic E-state index is -3.47. The Morgan fingerprint density at radius 2 is 2.09 bits per heavy atom. The van der Waals surface area contributed by atoms with Crippen molar-refractivity contribution in [1.29, 1.82) is 0 Å². The van der Waals surface area contributed by atoms with Crippen molar-refractivity contribution in [3.63, 3.8) is 0 Å². The van der Waals surface area contributed by atoms with Crippen LogP contribution in [0.4, 0.5) is 0 Å². The molecule has 1 aliphatic rings. The van der Waals surface area contributed by atoms with Crippen molar-refractivity contribution < 1.29 is 22.7 Å². The third kappa shape index (κ3) is 3.98. The maximum Gasteiger partial charge on any atom is 0.340 e. The van der Waals surface area contributed by atoms with Crippen molar-refractivity contribution in [2.45, 2.75) is 30.3 Å². The minimum Gasteiger partial charge on any atom is -0.449 e. The molecule has 0 bridgehead atoms. The molecule has 2 rings (SSSR count). The van der Waals surface area contributed by atoms with Gasteiger partial charge in [-0.15, -0.1) is 0 Å². The van der Waals surface area contributed by atoms with Gasteiger partial charge in [0.05, 0.1) is 15.5 Å². The van der Waals surface area contributed by atoms with Crippen LogP contribution in [-0.2, 0) is 19.4 Å². The molecule has 0 radical (unpaired) electrons. The van der Waals surface area contributed by atoms with Crippen molar-refractivity contribution >= 4 is 33.3 Å². The summed E-state index contributed by atoms with van der Waals surface area (Å²) >= 11 is 5.93. The first-order valence-electron chi connectivity index (χ1n) is 6.77. The molecular formula is C14H16ClNO5S. The molecule has 0 aliphatic carbocycles. The van der Waals surface area contributed by atoms with E-state index in [1.54, 1.807) is 0 Å². The number of amides is 1. The van der Waals surface area contributed by atoms with Crippen LogP contribution in [0.3, 0.4) is 0 Å². The van der Waals surface area contributed by atoms with Gasteiger partial charge in [-0.2, -0.15) is 0 Å². The molecule has 1 aromatic rings. The third-order valence-electron chi connectivity index (χ3n) is 3.32. The van der Waals surface area contributed by atoms with Gasteiger partial charge in [0.1, 0.15) is 0 Å². The van der Waals surface area contributed by atoms with E-state index < -0.39 is 21.9 Å². The van der Waals surface area contributed by atoms with E-state index in [1.165, 1.54) is 12.1 Å². The van der Waals surface area contributed by atoms with E-state index in [9.17, 15) is 18.0 Å². The lowest BCUT2D eigenvalue weighted by Gasteiger charge is -2.15. The number of esters is 1. The predicted octanol–water partition coefficient (Wildman–Crippen LogP) is 1.57. The van der Waals surface area contributed by atoms with Gasteiger partial charge in [0.15, 0.2) is 15.9 Å². The van der Waals surface area contributed by atoms with Crippen LogP contribution in [0.15, 0.2) is 23.1 Å². The fourth-order valence-corrected chi connectivity index (χ4v) is 2.95. The molecule has 1 N–H and O–H groups in total. The van der Waals surface area contributed by atoms with Gasteiger partial charge in [-0.25, -0.2) is 13.2 Å². The number of halogens is 1. The van der Waals surface area contributed by atoms with Gasteiger partial charge in [-0.3, -0.25) is 4.79 Å². The summed E-state index contributed by atoms with van der Waals surface area (Å²) in [5.41, 5.74) is -0.0679. The lowest BCUT2D eigenvalue weighted by molar-refractivity contribution is -0.129. The summed E-state index contributed by atoms with van der Waals surface area (Å²) in [6, 6.07) is 3.79. The van der Waals surface area contributed by atoms with E-state index in [0.717, 1.165) is 25.2 Å². The first kappa shape index (κ1) is 16.8. The first-order chi connectivity index (χ1) is 10.3. The topological polar surface area (TPSA) is 89.5 Å².